The van der Waals surface area contributed by atoms with Crippen molar-refractivity contribution < 1.29 is 9.13 Å². The monoisotopic (exact) mass is 265 g/mol. The Kier molecular flexibility index (Phi) is 5.20. The van der Waals surface area contributed by atoms with Crippen LogP contribution in [0.5, 0.6) is 5.75 Å². The van der Waals surface area contributed by atoms with E-state index in [4.69, 9.17) is 4.74 Å². The fraction of sp³-hybridized carbons (Fsp3) is 0.625. The number of hydrogen-bond donors (Lipinski definition) is 1. The van der Waals surface area contributed by atoms with Gasteiger partial charge in [0.2, 0.25) is 0 Å². The molecule has 2 rings (SSSR count). The SMILES string of the molecule is CCNC(C)c1cccc(F)c1OC1CCCCC1. The van der Waals surface area contributed by atoms with Gasteiger partial charge in [0.15, 0.2) is 11.6 Å². The van der Waals surface area contributed by atoms with Gasteiger partial charge in [0.1, 0.15) is 0 Å². The number of hydrogen-bond acceptors (Lipinski definition) is 2. The van der Waals surface area contributed by atoms with Gasteiger partial charge in [0.05, 0.1) is 6.10 Å². The minimum absolute atomic E-state index is 0.110. The topological polar surface area (TPSA) is 21.3 Å². The highest BCUT2D eigenvalue weighted by atomic mass is 19.1. The van der Waals surface area contributed by atoms with Gasteiger partial charge in [-0.2, -0.15) is 0 Å². The van der Waals surface area contributed by atoms with Gasteiger partial charge in [-0.25, -0.2) is 4.39 Å². The summed E-state index contributed by atoms with van der Waals surface area (Å²) < 4.78 is 20.0. The minimum atomic E-state index is -0.243. The summed E-state index contributed by atoms with van der Waals surface area (Å²) in [5.41, 5.74) is 0.924. The van der Waals surface area contributed by atoms with Crippen molar-refractivity contribution in [2.24, 2.45) is 0 Å². The predicted octanol–water partition coefficient (Wildman–Crippen LogP) is 4.21. The van der Waals surface area contributed by atoms with Gasteiger partial charge >= 0.3 is 0 Å². The molecule has 19 heavy (non-hydrogen) atoms. The lowest BCUT2D eigenvalue weighted by Crippen LogP contribution is -2.23. The minimum Gasteiger partial charge on any atom is -0.487 e. The lowest BCUT2D eigenvalue weighted by atomic mass is 9.97. The fourth-order valence-electron chi connectivity index (χ4n) is 2.76. The van der Waals surface area contributed by atoms with Gasteiger partial charge in [-0.05, 0) is 45.2 Å². The van der Waals surface area contributed by atoms with Crippen LogP contribution < -0.4 is 10.1 Å². The van der Waals surface area contributed by atoms with E-state index in [1.165, 1.54) is 25.3 Å². The van der Waals surface area contributed by atoms with E-state index in [9.17, 15) is 4.39 Å². The first-order valence-electron chi connectivity index (χ1n) is 7.40. The second-order valence-electron chi connectivity index (χ2n) is 5.32. The molecule has 106 valence electrons. The average Bonchev–Trinajstić information content (AvgIpc) is 2.42. The lowest BCUT2D eigenvalue weighted by Gasteiger charge is -2.26. The second-order valence-corrected chi connectivity index (χ2v) is 5.32. The van der Waals surface area contributed by atoms with Crippen molar-refractivity contribution in [1.82, 2.24) is 5.32 Å². The highest BCUT2D eigenvalue weighted by Crippen LogP contribution is 2.31. The van der Waals surface area contributed by atoms with Crippen LogP contribution in [0.3, 0.4) is 0 Å². The van der Waals surface area contributed by atoms with Crippen LogP contribution in [0.4, 0.5) is 4.39 Å². The summed E-state index contributed by atoms with van der Waals surface area (Å²) in [6, 6.07) is 5.31. The molecule has 0 saturated heterocycles. The van der Waals surface area contributed by atoms with Crippen molar-refractivity contribution in [3.63, 3.8) is 0 Å². The van der Waals surface area contributed by atoms with Crippen molar-refractivity contribution in [1.29, 1.82) is 0 Å². The summed E-state index contributed by atoms with van der Waals surface area (Å²) in [6.07, 6.45) is 5.93. The van der Waals surface area contributed by atoms with Crippen molar-refractivity contribution in [2.75, 3.05) is 6.54 Å². The summed E-state index contributed by atoms with van der Waals surface area (Å²) in [6.45, 7) is 4.96. The molecule has 0 radical (unpaired) electrons. The molecule has 0 heterocycles. The lowest BCUT2D eigenvalue weighted by molar-refractivity contribution is 0.146. The Morgan fingerprint density at radius 1 is 1.32 bits per heavy atom. The van der Waals surface area contributed by atoms with E-state index in [-0.39, 0.29) is 18.0 Å². The molecule has 1 aromatic rings. The van der Waals surface area contributed by atoms with E-state index in [0.717, 1.165) is 24.9 Å². The average molecular weight is 265 g/mol. The molecule has 1 aromatic carbocycles. The number of rotatable bonds is 5. The molecule has 3 heteroatoms. The second kappa shape index (κ2) is 6.90. The van der Waals surface area contributed by atoms with E-state index in [0.29, 0.717) is 5.75 Å². The third-order valence-electron chi connectivity index (χ3n) is 3.81. The summed E-state index contributed by atoms with van der Waals surface area (Å²) in [4.78, 5) is 0. The number of halogens is 1. The molecule has 1 aliphatic carbocycles. The normalized spacial score (nSPS) is 18.3. The zero-order valence-electron chi connectivity index (χ0n) is 11.9. The van der Waals surface area contributed by atoms with Crippen LogP contribution in [0, 0.1) is 5.82 Å². The molecule has 0 spiro atoms. The van der Waals surface area contributed by atoms with E-state index in [1.807, 2.05) is 13.0 Å². The molecule has 2 nitrogen and oxygen atoms in total. The summed E-state index contributed by atoms with van der Waals surface area (Å²) in [5.74, 6) is 0.204. The van der Waals surface area contributed by atoms with Gasteiger partial charge in [0, 0.05) is 11.6 Å². The molecule has 1 N–H and O–H groups in total. The third-order valence-corrected chi connectivity index (χ3v) is 3.81. The van der Waals surface area contributed by atoms with E-state index < -0.39 is 0 Å². The maximum Gasteiger partial charge on any atom is 0.165 e. The largest absolute Gasteiger partial charge is 0.487 e. The number of ether oxygens (including phenoxy) is 1. The van der Waals surface area contributed by atoms with Crippen LogP contribution in [0.1, 0.15) is 57.6 Å². The van der Waals surface area contributed by atoms with Crippen molar-refractivity contribution in [3.05, 3.63) is 29.6 Å². The Balaban J connectivity index is 2.16. The Hall–Kier alpha value is -1.09. The standard InChI is InChI=1S/C16H24FNO/c1-3-18-12(2)14-10-7-11-15(17)16(14)19-13-8-5-4-6-9-13/h7,10-13,18H,3-6,8-9H2,1-2H3. The number of benzene rings is 1. The fourth-order valence-corrected chi connectivity index (χ4v) is 2.76. The van der Waals surface area contributed by atoms with Gasteiger partial charge in [-0.15, -0.1) is 0 Å². The highest BCUT2D eigenvalue weighted by Gasteiger charge is 2.20. The first kappa shape index (κ1) is 14.3. The van der Waals surface area contributed by atoms with Gasteiger partial charge in [-0.1, -0.05) is 25.5 Å². The third kappa shape index (κ3) is 3.69. The van der Waals surface area contributed by atoms with Gasteiger partial charge in [0.25, 0.3) is 0 Å². The highest BCUT2D eigenvalue weighted by molar-refractivity contribution is 5.37. The Morgan fingerprint density at radius 2 is 2.05 bits per heavy atom. The zero-order valence-corrected chi connectivity index (χ0v) is 11.9. The maximum atomic E-state index is 14.1. The first-order chi connectivity index (χ1) is 9.22. The molecular formula is C16H24FNO. The number of para-hydroxylation sites is 1. The molecule has 0 aliphatic heterocycles. The summed E-state index contributed by atoms with van der Waals surface area (Å²) in [7, 11) is 0. The van der Waals surface area contributed by atoms with E-state index >= 15 is 0 Å². The predicted molar refractivity (Wildman–Crippen MR) is 76.0 cm³/mol. The molecule has 1 fully saturated rings. The quantitative estimate of drug-likeness (QED) is 0.861. The molecule has 1 aliphatic rings. The van der Waals surface area contributed by atoms with Crippen molar-refractivity contribution in [3.8, 4) is 5.75 Å². The summed E-state index contributed by atoms with van der Waals surface area (Å²) >= 11 is 0. The smallest absolute Gasteiger partial charge is 0.165 e. The van der Waals surface area contributed by atoms with E-state index in [2.05, 4.69) is 12.2 Å². The van der Waals surface area contributed by atoms with Crippen LogP contribution >= 0.6 is 0 Å². The zero-order chi connectivity index (χ0) is 13.7. The van der Waals surface area contributed by atoms with Crippen LogP contribution in [0.25, 0.3) is 0 Å². The van der Waals surface area contributed by atoms with Crippen LogP contribution in [-0.2, 0) is 0 Å². The van der Waals surface area contributed by atoms with Crippen LogP contribution in [-0.4, -0.2) is 12.6 Å². The molecule has 0 bridgehead atoms. The Labute approximate surface area is 115 Å². The van der Waals surface area contributed by atoms with Crippen molar-refractivity contribution in [2.45, 2.75) is 58.1 Å². The Morgan fingerprint density at radius 3 is 2.74 bits per heavy atom. The first-order valence-corrected chi connectivity index (χ1v) is 7.40. The molecule has 1 saturated carbocycles. The van der Waals surface area contributed by atoms with Gasteiger partial charge < -0.3 is 10.1 Å². The number of nitrogens with one attached hydrogen (secondary N) is 1. The van der Waals surface area contributed by atoms with Crippen LogP contribution in [0.15, 0.2) is 18.2 Å². The molecule has 1 unspecified atom stereocenters. The molecular weight excluding hydrogens is 241 g/mol. The van der Waals surface area contributed by atoms with Gasteiger partial charge in [-0.3, -0.25) is 0 Å². The van der Waals surface area contributed by atoms with Crippen LogP contribution in [0.2, 0.25) is 0 Å². The van der Waals surface area contributed by atoms with Crippen molar-refractivity contribution >= 4 is 0 Å². The molecule has 1 atom stereocenters. The molecule has 0 aromatic heterocycles. The van der Waals surface area contributed by atoms with E-state index in [1.54, 1.807) is 6.07 Å². The Bertz CT molecular complexity index is 402. The molecule has 0 amide bonds. The summed E-state index contributed by atoms with van der Waals surface area (Å²) in [5, 5.41) is 3.32. The maximum absolute atomic E-state index is 14.1.